The second-order valence-corrected chi connectivity index (χ2v) is 3.82. The summed E-state index contributed by atoms with van der Waals surface area (Å²) in [5, 5.41) is 12.9. The molecule has 4 heteroatoms. The van der Waals surface area contributed by atoms with E-state index >= 15 is 0 Å². The van der Waals surface area contributed by atoms with Crippen LogP contribution in [0.1, 0.15) is 18.2 Å². The van der Waals surface area contributed by atoms with Gasteiger partial charge in [-0.05, 0) is 30.2 Å². The van der Waals surface area contributed by atoms with Crippen molar-refractivity contribution in [1.82, 2.24) is 9.78 Å². The number of carboxylic acids is 1. The first-order chi connectivity index (χ1) is 8.20. The molecule has 0 aliphatic carbocycles. The standard InChI is InChI=1S/C13H14N2O2/c1-2-10-3-5-11(6-4-10)15-12(7-8-14-15)9-13(16)17/h3-8H,2,9H2,1H3,(H,16,17). The maximum atomic E-state index is 10.7. The zero-order chi connectivity index (χ0) is 12.3. The van der Waals surface area contributed by atoms with Gasteiger partial charge in [-0.2, -0.15) is 5.10 Å². The number of rotatable bonds is 4. The lowest BCUT2D eigenvalue weighted by molar-refractivity contribution is -0.136. The molecular weight excluding hydrogens is 216 g/mol. The SMILES string of the molecule is CCc1ccc(-n2nccc2CC(=O)O)cc1. The first-order valence-corrected chi connectivity index (χ1v) is 5.54. The van der Waals surface area contributed by atoms with Gasteiger partial charge in [-0.1, -0.05) is 19.1 Å². The van der Waals surface area contributed by atoms with Crippen molar-refractivity contribution in [3.8, 4) is 5.69 Å². The molecule has 2 aromatic rings. The van der Waals surface area contributed by atoms with Crippen LogP contribution in [-0.4, -0.2) is 20.9 Å². The van der Waals surface area contributed by atoms with E-state index < -0.39 is 5.97 Å². The van der Waals surface area contributed by atoms with Gasteiger partial charge in [0.05, 0.1) is 17.8 Å². The van der Waals surface area contributed by atoms with Crippen molar-refractivity contribution in [3.63, 3.8) is 0 Å². The highest BCUT2D eigenvalue weighted by atomic mass is 16.4. The fourth-order valence-corrected chi connectivity index (χ4v) is 1.72. The minimum atomic E-state index is -0.850. The van der Waals surface area contributed by atoms with Crippen molar-refractivity contribution in [2.24, 2.45) is 0 Å². The molecule has 1 N–H and O–H groups in total. The molecule has 0 amide bonds. The van der Waals surface area contributed by atoms with E-state index in [9.17, 15) is 4.79 Å². The Labute approximate surface area is 99.5 Å². The minimum absolute atomic E-state index is 0.0183. The quantitative estimate of drug-likeness (QED) is 0.874. The van der Waals surface area contributed by atoms with Crippen molar-refractivity contribution in [1.29, 1.82) is 0 Å². The van der Waals surface area contributed by atoms with Gasteiger partial charge in [0.1, 0.15) is 0 Å². The molecule has 0 unspecified atom stereocenters. The van der Waals surface area contributed by atoms with Crippen molar-refractivity contribution < 1.29 is 9.90 Å². The number of benzene rings is 1. The Balaban J connectivity index is 2.32. The van der Waals surface area contributed by atoms with E-state index in [-0.39, 0.29) is 6.42 Å². The molecule has 4 nitrogen and oxygen atoms in total. The summed E-state index contributed by atoms with van der Waals surface area (Å²) < 4.78 is 1.66. The van der Waals surface area contributed by atoms with Crippen LogP contribution in [-0.2, 0) is 17.6 Å². The van der Waals surface area contributed by atoms with Gasteiger partial charge in [0.25, 0.3) is 0 Å². The van der Waals surface area contributed by atoms with Crippen LogP contribution in [0.4, 0.5) is 0 Å². The Kier molecular flexibility index (Phi) is 3.23. The summed E-state index contributed by atoms with van der Waals surface area (Å²) >= 11 is 0. The molecule has 0 spiro atoms. The summed E-state index contributed by atoms with van der Waals surface area (Å²) in [6.07, 6.45) is 2.59. The lowest BCUT2D eigenvalue weighted by Gasteiger charge is -2.06. The van der Waals surface area contributed by atoms with Gasteiger partial charge in [-0.15, -0.1) is 0 Å². The van der Waals surface area contributed by atoms with E-state index in [4.69, 9.17) is 5.11 Å². The summed E-state index contributed by atoms with van der Waals surface area (Å²) in [4.78, 5) is 10.7. The summed E-state index contributed by atoms with van der Waals surface area (Å²) in [6, 6.07) is 9.69. The van der Waals surface area contributed by atoms with Gasteiger partial charge in [0, 0.05) is 6.20 Å². The van der Waals surface area contributed by atoms with E-state index in [0.717, 1.165) is 12.1 Å². The molecule has 1 aromatic carbocycles. The minimum Gasteiger partial charge on any atom is -0.481 e. The Hall–Kier alpha value is -2.10. The van der Waals surface area contributed by atoms with Crippen LogP contribution in [0, 0.1) is 0 Å². The van der Waals surface area contributed by atoms with Crippen LogP contribution in [0.25, 0.3) is 5.69 Å². The molecule has 0 saturated heterocycles. The highest BCUT2D eigenvalue weighted by molar-refractivity contribution is 5.69. The Morgan fingerprint density at radius 1 is 1.29 bits per heavy atom. The molecular formula is C13H14N2O2. The van der Waals surface area contributed by atoms with Gasteiger partial charge in [0.15, 0.2) is 0 Å². The molecule has 2 rings (SSSR count). The number of aliphatic carboxylic acids is 1. The summed E-state index contributed by atoms with van der Waals surface area (Å²) in [7, 11) is 0. The molecule has 0 aliphatic rings. The van der Waals surface area contributed by atoms with E-state index in [1.165, 1.54) is 5.56 Å². The average molecular weight is 230 g/mol. The smallest absolute Gasteiger partial charge is 0.309 e. The number of hydrogen-bond donors (Lipinski definition) is 1. The van der Waals surface area contributed by atoms with Crippen LogP contribution in [0.15, 0.2) is 36.5 Å². The Morgan fingerprint density at radius 3 is 2.59 bits per heavy atom. The largest absolute Gasteiger partial charge is 0.481 e. The summed E-state index contributed by atoms with van der Waals surface area (Å²) in [6.45, 7) is 2.10. The molecule has 0 aliphatic heterocycles. The van der Waals surface area contributed by atoms with Crippen LogP contribution in [0.5, 0.6) is 0 Å². The molecule has 88 valence electrons. The Morgan fingerprint density at radius 2 is 2.00 bits per heavy atom. The number of carbonyl (C=O) groups is 1. The lowest BCUT2D eigenvalue weighted by Crippen LogP contribution is -2.07. The lowest BCUT2D eigenvalue weighted by atomic mass is 10.1. The third-order valence-corrected chi connectivity index (χ3v) is 2.64. The highest BCUT2D eigenvalue weighted by Crippen LogP contribution is 2.12. The van der Waals surface area contributed by atoms with Gasteiger partial charge in [0.2, 0.25) is 0 Å². The third-order valence-electron chi connectivity index (χ3n) is 2.64. The Bertz CT molecular complexity index is 514. The molecule has 0 fully saturated rings. The number of nitrogens with zero attached hydrogens (tertiary/aromatic N) is 2. The fourth-order valence-electron chi connectivity index (χ4n) is 1.72. The van der Waals surface area contributed by atoms with Gasteiger partial charge >= 0.3 is 5.97 Å². The fraction of sp³-hybridized carbons (Fsp3) is 0.231. The molecule has 0 atom stereocenters. The van der Waals surface area contributed by atoms with Gasteiger partial charge < -0.3 is 5.11 Å². The van der Waals surface area contributed by atoms with Crippen LogP contribution in [0.2, 0.25) is 0 Å². The molecule has 1 heterocycles. The third kappa shape index (κ3) is 2.53. The van der Waals surface area contributed by atoms with Crippen LogP contribution >= 0.6 is 0 Å². The normalized spacial score (nSPS) is 10.4. The van der Waals surface area contributed by atoms with Crippen molar-refractivity contribution in [2.75, 3.05) is 0 Å². The number of aryl methyl sites for hydroxylation is 1. The predicted octanol–water partition coefficient (Wildman–Crippen LogP) is 2.06. The van der Waals surface area contributed by atoms with E-state index in [1.807, 2.05) is 24.3 Å². The summed E-state index contributed by atoms with van der Waals surface area (Å²) in [5.74, 6) is -0.850. The van der Waals surface area contributed by atoms with Crippen LogP contribution in [0.3, 0.4) is 0 Å². The topological polar surface area (TPSA) is 55.1 Å². The second kappa shape index (κ2) is 4.82. The highest BCUT2D eigenvalue weighted by Gasteiger charge is 2.08. The molecule has 0 saturated carbocycles. The van der Waals surface area contributed by atoms with E-state index in [2.05, 4.69) is 12.0 Å². The first-order valence-electron chi connectivity index (χ1n) is 5.54. The summed E-state index contributed by atoms with van der Waals surface area (Å²) in [5.41, 5.74) is 2.82. The zero-order valence-electron chi connectivity index (χ0n) is 9.63. The molecule has 0 radical (unpaired) electrons. The van der Waals surface area contributed by atoms with Crippen LogP contribution < -0.4 is 0 Å². The average Bonchev–Trinajstić information content (AvgIpc) is 2.76. The maximum absolute atomic E-state index is 10.7. The number of aromatic nitrogens is 2. The number of hydrogen-bond acceptors (Lipinski definition) is 2. The van der Waals surface area contributed by atoms with Gasteiger partial charge in [-0.25, -0.2) is 4.68 Å². The van der Waals surface area contributed by atoms with E-state index in [1.54, 1.807) is 16.9 Å². The van der Waals surface area contributed by atoms with Crippen molar-refractivity contribution >= 4 is 5.97 Å². The van der Waals surface area contributed by atoms with Crippen molar-refractivity contribution in [2.45, 2.75) is 19.8 Å². The van der Waals surface area contributed by atoms with Gasteiger partial charge in [-0.3, -0.25) is 4.79 Å². The van der Waals surface area contributed by atoms with Crippen molar-refractivity contribution in [3.05, 3.63) is 47.8 Å². The zero-order valence-corrected chi connectivity index (χ0v) is 9.63. The van der Waals surface area contributed by atoms with E-state index in [0.29, 0.717) is 5.69 Å². The maximum Gasteiger partial charge on any atom is 0.309 e. The molecule has 1 aromatic heterocycles. The number of carboxylic acid groups (broad SMARTS) is 1. The predicted molar refractivity (Wildman–Crippen MR) is 64.3 cm³/mol. The molecule has 17 heavy (non-hydrogen) atoms. The monoisotopic (exact) mass is 230 g/mol. The first kappa shape index (κ1) is 11.4. The second-order valence-electron chi connectivity index (χ2n) is 3.82. The molecule has 0 bridgehead atoms.